The molecule has 1 aliphatic rings. The molecule has 3 N–H and O–H groups in total. The lowest BCUT2D eigenvalue weighted by atomic mass is 10.1. The molecule has 4 rings (SSSR count). The van der Waals surface area contributed by atoms with Gasteiger partial charge in [-0.25, -0.2) is 4.98 Å². The number of benzene rings is 1. The van der Waals surface area contributed by atoms with Crippen molar-refractivity contribution in [3.8, 4) is 0 Å². The number of methoxy groups -OCH3 is 1. The molecule has 0 saturated carbocycles. The van der Waals surface area contributed by atoms with Crippen LogP contribution in [0, 0.1) is 13.8 Å². The van der Waals surface area contributed by atoms with Crippen molar-refractivity contribution in [1.82, 2.24) is 14.7 Å². The Labute approximate surface area is 169 Å². The van der Waals surface area contributed by atoms with Gasteiger partial charge in [0.2, 0.25) is 0 Å². The zero-order chi connectivity index (χ0) is 20.5. The van der Waals surface area contributed by atoms with Gasteiger partial charge in [0.15, 0.2) is 5.65 Å². The van der Waals surface area contributed by atoms with Gasteiger partial charge < -0.3 is 24.9 Å². The first kappa shape index (κ1) is 19.4. The SMILES string of the molecule is COCCNC(=O)c1cc(N[C@@H]2c3ccccc3C[C@H]2O)c2nc(C)c(C)n2c1. The van der Waals surface area contributed by atoms with Crippen molar-refractivity contribution >= 4 is 17.2 Å². The molecule has 3 aromatic rings. The van der Waals surface area contributed by atoms with Gasteiger partial charge in [0, 0.05) is 32.0 Å². The second-order valence-corrected chi connectivity index (χ2v) is 7.46. The van der Waals surface area contributed by atoms with Crippen molar-refractivity contribution in [2.45, 2.75) is 32.4 Å². The van der Waals surface area contributed by atoms with Gasteiger partial charge in [-0.15, -0.1) is 0 Å². The number of carbonyl (C=O) groups excluding carboxylic acids is 1. The molecule has 2 aromatic heterocycles. The molecule has 0 saturated heterocycles. The van der Waals surface area contributed by atoms with Crippen LogP contribution in [0.25, 0.3) is 5.65 Å². The van der Waals surface area contributed by atoms with Crippen LogP contribution < -0.4 is 10.6 Å². The van der Waals surface area contributed by atoms with Crippen molar-refractivity contribution in [3.05, 3.63) is 64.6 Å². The number of amides is 1. The van der Waals surface area contributed by atoms with E-state index < -0.39 is 6.10 Å². The Morgan fingerprint density at radius 2 is 2.14 bits per heavy atom. The summed E-state index contributed by atoms with van der Waals surface area (Å²) >= 11 is 0. The lowest BCUT2D eigenvalue weighted by molar-refractivity contribution is 0.0936. The lowest BCUT2D eigenvalue weighted by Crippen LogP contribution is -2.27. The van der Waals surface area contributed by atoms with Crippen LogP contribution in [0.2, 0.25) is 0 Å². The molecule has 1 amide bonds. The molecule has 0 aliphatic heterocycles. The van der Waals surface area contributed by atoms with Crippen LogP contribution in [-0.2, 0) is 11.2 Å². The smallest absolute Gasteiger partial charge is 0.252 e. The van der Waals surface area contributed by atoms with Gasteiger partial charge in [-0.1, -0.05) is 24.3 Å². The summed E-state index contributed by atoms with van der Waals surface area (Å²) in [6, 6.07) is 9.59. The van der Waals surface area contributed by atoms with Gasteiger partial charge in [-0.3, -0.25) is 4.79 Å². The molecular formula is C22H26N4O3. The Balaban J connectivity index is 1.73. The van der Waals surface area contributed by atoms with E-state index in [1.54, 1.807) is 19.4 Å². The highest BCUT2D eigenvalue weighted by Gasteiger charge is 2.31. The third-order valence-corrected chi connectivity index (χ3v) is 5.56. The molecule has 0 bridgehead atoms. The number of pyridine rings is 1. The molecule has 7 nitrogen and oxygen atoms in total. The summed E-state index contributed by atoms with van der Waals surface area (Å²) in [5, 5.41) is 17.0. The molecule has 1 aromatic carbocycles. The third-order valence-electron chi connectivity index (χ3n) is 5.56. The fourth-order valence-electron chi connectivity index (χ4n) is 3.89. The number of imidazole rings is 1. The first-order valence-corrected chi connectivity index (χ1v) is 9.78. The number of aryl methyl sites for hydroxylation is 2. The summed E-state index contributed by atoms with van der Waals surface area (Å²) in [4.78, 5) is 17.3. The summed E-state index contributed by atoms with van der Waals surface area (Å²) in [7, 11) is 1.60. The van der Waals surface area contributed by atoms with Crippen molar-refractivity contribution in [2.75, 3.05) is 25.6 Å². The third kappa shape index (κ3) is 3.59. The van der Waals surface area contributed by atoms with Crippen LogP contribution in [0.4, 0.5) is 5.69 Å². The molecule has 0 fully saturated rings. The van der Waals surface area contributed by atoms with E-state index in [9.17, 15) is 9.90 Å². The van der Waals surface area contributed by atoms with E-state index >= 15 is 0 Å². The maximum Gasteiger partial charge on any atom is 0.252 e. The number of ether oxygens (including phenoxy) is 1. The van der Waals surface area contributed by atoms with Gasteiger partial charge in [-0.05, 0) is 31.0 Å². The fourth-order valence-corrected chi connectivity index (χ4v) is 3.89. The number of carbonyl (C=O) groups is 1. The number of anilines is 1. The van der Waals surface area contributed by atoms with E-state index in [0.29, 0.717) is 25.1 Å². The number of nitrogens with one attached hydrogen (secondary N) is 2. The van der Waals surface area contributed by atoms with Gasteiger partial charge in [0.1, 0.15) is 0 Å². The van der Waals surface area contributed by atoms with Crippen LogP contribution in [0.1, 0.15) is 38.9 Å². The average Bonchev–Trinajstić information content (AvgIpc) is 3.18. The van der Waals surface area contributed by atoms with Crippen LogP contribution in [0.15, 0.2) is 36.5 Å². The van der Waals surface area contributed by atoms with Gasteiger partial charge >= 0.3 is 0 Å². The standard InChI is InChI=1S/C22H26N4O3/c1-13-14(2)26-12-16(22(28)23-8-9-29-3)10-18(21(26)24-13)25-20-17-7-5-4-6-15(17)11-19(20)27/h4-7,10,12,19-20,25,27H,8-9,11H2,1-3H3,(H,23,28)/t19-,20-/m1/s1. The van der Waals surface area contributed by atoms with E-state index in [-0.39, 0.29) is 11.9 Å². The highest BCUT2D eigenvalue weighted by atomic mass is 16.5. The molecule has 29 heavy (non-hydrogen) atoms. The number of aliphatic hydroxyl groups excluding tert-OH is 1. The maximum atomic E-state index is 12.7. The maximum absolute atomic E-state index is 12.7. The Morgan fingerprint density at radius 1 is 1.34 bits per heavy atom. The molecule has 0 unspecified atom stereocenters. The Hall–Kier alpha value is -2.90. The van der Waals surface area contributed by atoms with E-state index in [0.717, 1.165) is 33.8 Å². The Bertz CT molecular complexity index is 1060. The number of aliphatic hydroxyl groups is 1. The predicted molar refractivity (Wildman–Crippen MR) is 111 cm³/mol. The molecule has 2 heterocycles. The topological polar surface area (TPSA) is 87.9 Å². The number of nitrogens with zero attached hydrogens (tertiary/aromatic N) is 2. The minimum atomic E-state index is -0.538. The Kier molecular flexibility index (Phi) is 5.25. The summed E-state index contributed by atoms with van der Waals surface area (Å²) < 4.78 is 6.93. The summed E-state index contributed by atoms with van der Waals surface area (Å²) in [6.07, 6.45) is 1.87. The second kappa shape index (κ2) is 7.85. The zero-order valence-corrected chi connectivity index (χ0v) is 16.9. The minimum Gasteiger partial charge on any atom is -0.390 e. The number of hydrogen-bond acceptors (Lipinski definition) is 5. The molecule has 0 radical (unpaired) electrons. The molecule has 1 aliphatic carbocycles. The van der Waals surface area contributed by atoms with Crippen molar-refractivity contribution in [2.24, 2.45) is 0 Å². The Morgan fingerprint density at radius 3 is 2.93 bits per heavy atom. The number of fused-ring (bicyclic) bond motifs is 2. The minimum absolute atomic E-state index is 0.176. The van der Waals surface area contributed by atoms with Crippen LogP contribution >= 0.6 is 0 Å². The summed E-state index contributed by atoms with van der Waals surface area (Å²) in [6.45, 7) is 4.82. The van der Waals surface area contributed by atoms with E-state index in [1.165, 1.54) is 0 Å². The number of aromatic nitrogens is 2. The average molecular weight is 394 g/mol. The number of rotatable bonds is 6. The van der Waals surface area contributed by atoms with Crippen molar-refractivity contribution in [1.29, 1.82) is 0 Å². The molecule has 2 atom stereocenters. The molecular weight excluding hydrogens is 368 g/mol. The van der Waals surface area contributed by atoms with Crippen molar-refractivity contribution < 1.29 is 14.6 Å². The highest BCUT2D eigenvalue weighted by molar-refractivity contribution is 5.96. The van der Waals surface area contributed by atoms with Crippen LogP contribution in [0.3, 0.4) is 0 Å². The fraction of sp³-hybridized carbons (Fsp3) is 0.364. The highest BCUT2D eigenvalue weighted by Crippen LogP contribution is 2.35. The number of hydrogen-bond donors (Lipinski definition) is 3. The second-order valence-electron chi connectivity index (χ2n) is 7.46. The van der Waals surface area contributed by atoms with Gasteiger partial charge in [0.25, 0.3) is 5.91 Å². The van der Waals surface area contributed by atoms with Gasteiger partial charge in [0.05, 0.1) is 35.7 Å². The summed E-state index contributed by atoms with van der Waals surface area (Å²) in [5.74, 6) is -0.176. The lowest BCUT2D eigenvalue weighted by Gasteiger charge is -2.20. The normalized spacial score (nSPS) is 18.1. The molecule has 152 valence electrons. The van der Waals surface area contributed by atoms with Gasteiger partial charge in [-0.2, -0.15) is 0 Å². The van der Waals surface area contributed by atoms with E-state index in [4.69, 9.17) is 4.74 Å². The van der Waals surface area contributed by atoms with Crippen LogP contribution in [0.5, 0.6) is 0 Å². The zero-order valence-electron chi connectivity index (χ0n) is 16.9. The predicted octanol–water partition coefficient (Wildman–Crippen LogP) is 2.40. The first-order chi connectivity index (χ1) is 14.0. The van der Waals surface area contributed by atoms with E-state index in [2.05, 4.69) is 15.6 Å². The molecule has 0 spiro atoms. The first-order valence-electron chi connectivity index (χ1n) is 9.78. The van der Waals surface area contributed by atoms with Crippen LogP contribution in [-0.4, -0.2) is 46.8 Å². The van der Waals surface area contributed by atoms with Crippen molar-refractivity contribution in [3.63, 3.8) is 0 Å². The molecule has 7 heteroatoms. The monoisotopic (exact) mass is 394 g/mol. The summed E-state index contributed by atoms with van der Waals surface area (Å²) in [5.41, 5.74) is 6.08. The largest absolute Gasteiger partial charge is 0.390 e. The van der Waals surface area contributed by atoms with E-state index in [1.807, 2.05) is 42.5 Å². The quantitative estimate of drug-likeness (QED) is 0.559.